The van der Waals surface area contributed by atoms with E-state index in [4.69, 9.17) is 4.74 Å². The molecule has 1 saturated carbocycles. The Morgan fingerprint density at radius 1 is 1.26 bits per heavy atom. The van der Waals surface area contributed by atoms with Crippen molar-refractivity contribution in [3.8, 4) is 5.75 Å². The van der Waals surface area contributed by atoms with E-state index in [2.05, 4.69) is 37.4 Å². The van der Waals surface area contributed by atoms with Gasteiger partial charge in [-0.2, -0.15) is 0 Å². The Labute approximate surface area is 116 Å². The first kappa shape index (κ1) is 12.8. The van der Waals surface area contributed by atoms with Crippen LogP contribution in [0.15, 0.2) is 18.2 Å². The molecule has 104 valence electrons. The Hall–Kier alpha value is -1.18. The van der Waals surface area contributed by atoms with Crippen molar-refractivity contribution in [2.45, 2.75) is 58.0 Å². The van der Waals surface area contributed by atoms with Gasteiger partial charge < -0.3 is 10.1 Å². The molecule has 1 aliphatic heterocycles. The van der Waals surface area contributed by atoms with Crippen LogP contribution < -0.4 is 10.1 Å². The lowest BCUT2D eigenvalue weighted by Crippen LogP contribution is -2.36. The zero-order valence-electron chi connectivity index (χ0n) is 12.2. The lowest BCUT2D eigenvalue weighted by Gasteiger charge is -2.37. The fraction of sp³-hybridized carbons (Fsp3) is 0.647. The molecule has 0 unspecified atom stereocenters. The maximum absolute atomic E-state index is 6.45. The summed E-state index contributed by atoms with van der Waals surface area (Å²) in [7, 11) is 0. The normalized spacial score (nSPS) is 30.3. The minimum atomic E-state index is 0.0408. The fourth-order valence-electron chi connectivity index (χ4n) is 3.31. The van der Waals surface area contributed by atoms with Crippen LogP contribution in [0.5, 0.6) is 5.75 Å². The highest BCUT2D eigenvalue weighted by molar-refractivity contribution is 5.59. The third-order valence-corrected chi connectivity index (χ3v) is 4.74. The lowest BCUT2D eigenvalue weighted by atomic mass is 9.80. The van der Waals surface area contributed by atoms with Crippen LogP contribution in [0.2, 0.25) is 0 Å². The van der Waals surface area contributed by atoms with Gasteiger partial charge in [-0.3, -0.25) is 0 Å². The number of fused-ring (bicyclic) bond motifs is 1. The van der Waals surface area contributed by atoms with Crippen LogP contribution in [0, 0.1) is 5.92 Å². The van der Waals surface area contributed by atoms with E-state index in [1.165, 1.54) is 43.4 Å². The Morgan fingerprint density at radius 2 is 2.05 bits per heavy atom. The summed E-state index contributed by atoms with van der Waals surface area (Å²) < 4.78 is 6.45. The van der Waals surface area contributed by atoms with E-state index in [1.807, 2.05) is 0 Å². The molecular weight excluding hydrogens is 234 g/mol. The fourth-order valence-corrected chi connectivity index (χ4v) is 3.31. The molecule has 2 nitrogen and oxygen atoms in total. The number of hydrogen-bond donors (Lipinski definition) is 1. The van der Waals surface area contributed by atoms with E-state index in [0.717, 1.165) is 24.6 Å². The first-order valence-corrected chi connectivity index (χ1v) is 7.71. The van der Waals surface area contributed by atoms with E-state index in [1.54, 1.807) is 0 Å². The summed E-state index contributed by atoms with van der Waals surface area (Å²) in [5.74, 6) is 1.98. The second kappa shape index (κ2) is 5.07. The Morgan fingerprint density at radius 3 is 2.84 bits per heavy atom. The third-order valence-electron chi connectivity index (χ3n) is 4.74. The summed E-state index contributed by atoms with van der Waals surface area (Å²) in [4.78, 5) is 0. The summed E-state index contributed by atoms with van der Waals surface area (Å²) in [6.45, 7) is 5.73. The van der Waals surface area contributed by atoms with Gasteiger partial charge in [-0.15, -0.1) is 0 Å². The van der Waals surface area contributed by atoms with Crippen molar-refractivity contribution in [3.05, 3.63) is 23.8 Å². The van der Waals surface area contributed by atoms with Crippen molar-refractivity contribution in [1.82, 2.24) is 0 Å². The average molecular weight is 259 g/mol. The van der Waals surface area contributed by atoms with E-state index in [0.29, 0.717) is 0 Å². The van der Waals surface area contributed by atoms with Crippen molar-refractivity contribution < 1.29 is 4.74 Å². The predicted molar refractivity (Wildman–Crippen MR) is 79.9 cm³/mol. The smallest absolute Gasteiger partial charge is 0.125 e. The first-order valence-electron chi connectivity index (χ1n) is 7.71. The third kappa shape index (κ3) is 2.72. The highest BCUT2D eigenvalue weighted by atomic mass is 16.5. The molecule has 1 fully saturated rings. The van der Waals surface area contributed by atoms with Gasteiger partial charge in [-0.05, 0) is 63.5 Å². The molecule has 0 spiro atoms. The zero-order chi connectivity index (χ0) is 13.3. The molecule has 1 heterocycles. The Balaban J connectivity index is 1.79. The molecule has 1 aromatic rings. The molecule has 1 aliphatic carbocycles. The number of benzene rings is 1. The molecule has 0 amide bonds. The summed E-state index contributed by atoms with van der Waals surface area (Å²) in [5.41, 5.74) is 2.70. The van der Waals surface area contributed by atoms with Crippen molar-refractivity contribution in [2.75, 3.05) is 11.9 Å². The minimum absolute atomic E-state index is 0.0408. The van der Waals surface area contributed by atoms with Gasteiger partial charge >= 0.3 is 0 Å². The van der Waals surface area contributed by atoms with Gasteiger partial charge in [0.2, 0.25) is 0 Å². The van der Waals surface area contributed by atoms with Crippen LogP contribution in [0.4, 0.5) is 5.69 Å². The Kier molecular flexibility index (Phi) is 3.42. The maximum atomic E-state index is 6.45. The summed E-state index contributed by atoms with van der Waals surface area (Å²) in [6, 6.07) is 6.43. The van der Waals surface area contributed by atoms with Gasteiger partial charge in [0.05, 0.1) is 0 Å². The highest BCUT2D eigenvalue weighted by Crippen LogP contribution is 2.38. The largest absolute Gasteiger partial charge is 0.487 e. The number of hydrogen-bond acceptors (Lipinski definition) is 2. The standard InChI is InChI=1S/C17H25NO/c1-13-8-10-17(2,11-9-13)19-16-7-3-6-15-14(16)5-4-12-18-15/h3,6-7,13,18H,4-5,8-12H2,1-2H3. The van der Waals surface area contributed by atoms with Gasteiger partial charge in [-0.1, -0.05) is 13.0 Å². The second-order valence-electron chi connectivity index (χ2n) is 6.55. The predicted octanol–water partition coefficient (Wildman–Crippen LogP) is 4.39. The average Bonchev–Trinajstić information content (AvgIpc) is 2.43. The molecule has 1 N–H and O–H groups in total. The van der Waals surface area contributed by atoms with E-state index < -0.39 is 0 Å². The van der Waals surface area contributed by atoms with Crippen LogP contribution in [-0.4, -0.2) is 12.1 Å². The lowest BCUT2D eigenvalue weighted by molar-refractivity contribution is 0.0345. The van der Waals surface area contributed by atoms with Crippen molar-refractivity contribution in [1.29, 1.82) is 0 Å². The molecule has 3 rings (SSSR count). The monoisotopic (exact) mass is 259 g/mol. The van der Waals surface area contributed by atoms with Crippen molar-refractivity contribution in [3.63, 3.8) is 0 Å². The van der Waals surface area contributed by atoms with E-state index in [-0.39, 0.29) is 5.60 Å². The minimum Gasteiger partial charge on any atom is -0.487 e. The van der Waals surface area contributed by atoms with Crippen LogP contribution in [0.3, 0.4) is 0 Å². The molecule has 0 saturated heterocycles. The number of rotatable bonds is 2. The zero-order valence-corrected chi connectivity index (χ0v) is 12.2. The summed E-state index contributed by atoms with van der Waals surface area (Å²) in [5, 5.41) is 3.48. The van der Waals surface area contributed by atoms with Crippen molar-refractivity contribution in [2.24, 2.45) is 5.92 Å². The number of nitrogens with one attached hydrogen (secondary N) is 1. The first-order chi connectivity index (χ1) is 9.16. The van der Waals surface area contributed by atoms with Crippen LogP contribution in [0.1, 0.15) is 51.5 Å². The van der Waals surface area contributed by atoms with Crippen LogP contribution in [0.25, 0.3) is 0 Å². The van der Waals surface area contributed by atoms with Crippen LogP contribution in [-0.2, 0) is 6.42 Å². The molecule has 2 heteroatoms. The molecule has 0 bridgehead atoms. The number of anilines is 1. The Bertz CT molecular complexity index is 447. The van der Waals surface area contributed by atoms with Crippen molar-refractivity contribution >= 4 is 5.69 Å². The molecule has 19 heavy (non-hydrogen) atoms. The summed E-state index contributed by atoms with van der Waals surface area (Å²) in [6.07, 6.45) is 7.32. The van der Waals surface area contributed by atoms with Gasteiger partial charge in [0, 0.05) is 17.8 Å². The highest BCUT2D eigenvalue weighted by Gasteiger charge is 2.32. The molecular formula is C17H25NO. The van der Waals surface area contributed by atoms with E-state index >= 15 is 0 Å². The topological polar surface area (TPSA) is 21.3 Å². The molecule has 0 radical (unpaired) electrons. The SMILES string of the molecule is CC1CCC(C)(Oc2cccc3c2CCCN3)CC1. The van der Waals surface area contributed by atoms with Gasteiger partial charge in [0.25, 0.3) is 0 Å². The quantitative estimate of drug-likeness (QED) is 0.850. The molecule has 1 aromatic carbocycles. The molecule has 0 atom stereocenters. The van der Waals surface area contributed by atoms with Gasteiger partial charge in [0.15, 0.2) is 0 Å². The number of ether oxygens (including phenoxy) is 1. The van der Waals surface area contributed by atoms with Crippen LogP contribution >= 0.6 is 0 Å². The second-order valence-corrected chi connectivity index (χ2v) is 6.55. The van der Waals surface area contributed by atoms with Gasteiger partial charge in [0.1, 0.15) is 11.4 Å². The van der Waals surface area contributed by atoms with Gasteiger partial charge in [-0.25, -0.2) is 0 Å². The molecule has 2 aliphatic rings. The molecule has 0 aromatic heterocycles. The summed E-state index contributed by atoms with van der Waals surface area (Å²) >= 11 is 0. The maximum Gasteiger partial charge on any atom is 0.125 e. The van der Waals surface area contributed by atoms with E-state index in [9.17, 15) is 0 Å².